The fraction of sp³-hybridized carbons (Fsp3) is 0.111. The molecule has 0 saturated heterocycles. The average molecular weight is 325 g/mol. The fourth-order valence-corrected chi connectivity index (χ4v) is 2.37. The Morgan fingerprint density at radius 3 is 2.58 bits per heavy atom. The van der Waals surface area contributed by atoms with Gasteiger partial charge in [0.25, 0.3) is 5.91 Å². The van der Waals surface area contributed by atoms with Gasteiger partial charge in [-0.1, -0.05) is 36.4 Å². The minimum atomic E-state index is -0.413. The molecule has 0 unspecified atom stereocenters. The van der Waals surface area contributed by atoms with E-state index in [0.717, 1.165) is 11.1 Å². The molecule has 0 fully saturated rings. The predicted octanol–water partition coefficient (Wildman–Crippen LogP) is 2.43. The summed E-state index contributed by atoms with van der Waals surface area (Å²) in [5.74, 6) is -0.727. The van der Waals surface area contributed by atoms with Crippen LogP contribution in [0, 0.1) is 5.82 Å². The number of carbonyl (C=O) groups is 1. The van der Waals surface area contributed by atoms with Gasteiger partial charge in [0.15, 0.2) is 0 Å². The summed E-state index contributed by atoms with van der Waals surface area (Å²) in [6, 6.07) is 13.5. The van der Waals surface area contributed by atoms with Gasteiger partial charge in [-0.05, 0) is 23.3 Å². The highest BCUT2D eigenvalue weighted by Gasteiger charge is 2.11. The largest absolute Gasteiger partial charge is 0.392 e. The molecule has 2 aromatic carbocycles. The highest BCUT2D eigenvalue weighted by atomic mass is 19.1. The molecule has 0 aliphatic rings. The second-order valence-corrected chi connectivity index (χ2v) is 5.23. The smallest absolute Gasteiger partial charge is 0.254 e. The highest BCUT2D eigenvalue weighted by Crippen LogP contribution is 2.13. The van der Waals surface area contributed by atoms with Crippen LogP contribution in [0.2, 0.25) is 0 Å². The molecule has 0 bridgehead atoms. The van der Waals surface area contributed by atoms with Crippen molar-refractivity contribution < 1.29 is 14.3 Å². The maximum Gasteiger partial charge on any atom is 0.254 e. The molecule has 122 valence electrons. The van der Waals surface area contributed by atoms with Crippen LogP contribution in [0.25, 0.3) is 5.69 Å². The van der Waals surface area contributed by atoms with Crippen LogP contribution < -0.4 is 5.32 Å². The van der Waals surface area contributed by atoms with Crippen molar-refractivity contribution in [1.29, 1.82) is 0 Å². The monoisotopic (exact) mass is 325 g/mol. The topological polar surface area (TPSA) is 67.2 Å². The molecule has 6 heteroatoms. The SMILES string of the molecule is O=C(NCc1ccccc1CO)c1cnn(-c2ccccc2F)c1. The number of carbonyl (C=O) groups excluding carboxylic acids is 1. The van der Waals surface area contributed by atoms with Crippen LogP contribution in [0.5, 0.6) is 0 Å². The van der Waals surface area contributed by atoms with Gasteiger partial charge in [-0.15, -0.1) is 0 Å². The molecule has 0 radical (unpaired) electrons. The second-order valence-electron chi connectivity index (χ2n) is 5.23. The minimum absolute atomic E-state index is 0.0861. The number of hydrogen-bond donors (Lipinski definition) is 2. The Morgan fingerprint density at radius 2 is 1.83 bits per heavy atom. The van der Waals surface area contributed by atoms with Crippen LogP contribution >= 0.6 is 0 Å². The van der Waals surface area contributed by atoms with Crippen LogP contribution in [-0.2, 0) is 13.2 Å². The van der Waals surface area contributed by atoms with E-state index in [-0.39, 0.29) is 18.2 Å². The van der Waals surface area contributed by atoms with Crippen molar-refractivity contribution in [3.05, 3.63) is 83.4 Å². The van der Waals surface area contributed by atoms with E-state index in [9.17, 15) is 14.3 Å². The number of amides is 1. The van der Waals surface area contributed by atoms with Crippen LogP contribution in [0.4, 0.5) is 4.39 Å². The Balaban J connectivity index is 1.71. The Hall–Kier alpha value is -2.99. The van der Waals surface area contributed by atoms with Gasteiger partial charge in [0, 0.05) is 12.7 Å². The molecule has 0 atom stereocenters. The Labute approximate surface area is 138 Å². The number of halogens is 1. The molecule has 0 aliphatic heterocycles. The first-order valence-corrected chi connectivity index (χ1v) is 7.44. The number of aromatic nitrogens is 2. The first kappa shape index (κ1) is 15.9. The lowest BCUT2D eigenvalue weighted by Crippen LogP contribution is -2.23. The van der Waals surface area contributed by atoms with E-state index in [1.165, 1.54) is 23.1 Å². The number of benzene rings is 2. The van der Waals surface area contributed by atoms with Crippen molar-refractivity contribution in [3.63, 3.8) is 0 Å². The normalized spacial score (nSPS) is 10.6. The van der Waals surface area contributed by atoms with E-state index in [2.05, 4.69) is 10.4 Å². The van der Waals surface area contributed by atoms with Crippen molar-refractivity contribution in [3.8, 4) is 5.69 Å². The van der Waals surface area contributed by atoms with Gasteiger partial charge >= 0.3 is 0 Å². The number of para-hydroxylation sites is 1. The second kappa shape index (κ2) is 7.06. The van der Waals surface area contributed by atoms with Gasteiger partial charge in [-0.3, -0.25) is 4.79 Å². The summed E-state index contributed by atoms with van der Waals surface area (Å²) in [6.45, 7) is 0.206. The molecule has 0 spiro atoms. The summed E-state index contributed by atoms with van der Waals surface area (Å²) in [4.78, 5) is 12.2. The van der Waals surface area contributed by atoms with Crippen LogP contribution in [-0.4, -0.2) is 20.8 Å². The zero-order chi connectivity index (χ0) is 16.9. The predicted molar refractivity (Wildman–Crippen MR) is 87.1 cm³/mol. The summed E-state index contributed by atoms with van der Waals surface area (Å²) >= 11 is 0. The lowest BCUT2D eigenvalue weighted by molar-refractivity contribution is 0.0950. The average Bonchev–Trinajstić information content (AvgIpc) is 3.10. The molecule has 1 amide bonds. The molecule has 2 N–H and O–H groups in total. The molecule has 3 aromatic rings. The van der Waals surface area contributed by atoms with Gasteiger partial charge in [0.1, 0.15) is 11.5 Å². The van der Waals surface area contributed by atoms with E-state index in [1.807, 2.05) is 18.2 Å². The van der Waals surface area contributed by atoms with E-state index in [1.54, 1.807) is 24.3 Å². The molecule has 0 aliphatic carbocycles. The molecule has 1 aromatic heterocycles. The molecule has 5 nitrogen and oxygen atoms in total. The van der Waals surface area contributed by atoms with Crippen molar-refractivity contribution in [2.45, 2.75) is 13.2 Å². The minimum Gasteiger partial charge on any atom is -0.392 e. The third-order valence-electron chi connectivity index (χ3n) is 3.67. The standard InChI is InChI=1S/C18H16FN3O2/c19-16-7-3-4-8-17(16)22-11-15(10-21-22)18(24)20-9-13-5-1-2-6-14(13)12-23/h1-8,10-11,23H,9,12H2,(H,20,24). The summed E-state index contributed by atoms with van der Waals surface area (Å²) in [5.41, 5.74) is 2.22. The molecular weight excluding hydrogens is 309 g/mol. The Morgan fingerprint density at radius 1 is 1.12 bits per heavy atom. The summed E-state index contributed by atoms with van der Waals surface area (Å²) in [6.07, 6.45) is 2.87. The zero-order valence-electron chi connectivity index (χ0n) is 12.8. The fourth-order valence-electron chi connectivity index (χ4n) is 2.37. The van der Waals surface area contributed by atoms with Gasteiger partial charge in [0.05, 0.1) is 18.4 Å². The quantitative estimate of drug-likeness (QED) is 0.757. The third-order valence-corrected chi connectivity index (χ3v) is 3.67. The number of hydrogen-bond acceptors (Lipinski definition) is 3. The number of aliphatic hydroxyl groups is 1. The van der Waals surface area contributed by atoms with Gasteiger partial charge < -0.3 is 10.4 Å². The summed E-state index contributed by atoms with van der Waals surface area (Å²) in [5, 5.41) is 16.1. The van der Waals surface area contributed by atoms with Crippen molar-refractivity contribution in [1.82, 2.24) is 15.1 Å². The zero-order valence-corrected chi connectivity index (χ0v) is 12.8. The number of rotatable bonds is 5. The summed E-state index contributed by atoms with van der Waals surface area (Å²) in [7, 11) is 0. The molecule has 0 saturated carbocycles. The number of nitrogens with one attached hydrogen (secondary N) is 1. The van der Waals surface area contributed by atoms with Crippen LogP contribution in [0.3, 0.4) is 0 Å². The van der Waals surface area contributed by atoms with Crippen molar-refractivity contribution in [2.24, 2.45) is 0 Å². The Bertz CT molecular complexity index is 861. The number of aliphatic hydroxyl groups excluding tert-OH is 1. The summed E-state index contributed by atoms with van der Waals surface area (Å²) < 4.78 is 15.1. The number of nitrogens with zero attached hydrogens (tertiary/aromatic N) is 2. The first-order valence-electron chi connectivity index (χ1n) is 7.44. The van der Waals surface area contributed by atoms with E-state index in [4.69, 9.17) is 0 Å². The molecule has 3 rings (SSSR count). The van der Waals surface area contributed by atoms with Crippen LogP contribution in [0.1, 0.15) is 21.5 Å². The molecule has 1 heterocycles. The van der Waals surface area contributed by atoms with E-state index in [0.29, 0.717) is 12.1 Å². The van der Waals surface area contributed by atoms with Crippen molar-refractivity contribution in [2.75, 3.05) is 0 Å². The molecule has 24 heavy (non-hydrogen) atoms. The highest BCUT2D eigenvalue weighted by molar-refractivity contribution is 5.93. The lowest BCUT2D eigenvalue weighted by atomic mass is 10.1. The van der Waals surface area contributed by atoms with Gasteiger partial charge in [0.2, 0.25) is 0 Å². The van der Waals surface area contributed by atoms with Gasteiger partial charge in [-0.25, -0.2) is 9.07 Å². The lowest BCUT2D eigenvalue weighted by Gasteiger charge is -2.08. The van der Waals surface area contributed by atoms with Crippen LogP contribution in [0.15, 0.2) is 60.9 Å². The van der Waals surface area contributed by atoms with Crippen molar-refractivity contribution >= 4 is 5.91 Å². The maximum absolute atomic E-state index is 13.8. The van der Waals surface area contributed by atoms with Gasteiger partial charge in [-0.2, -0.15) is 5.10 Å². The van der Waals surface area contributed by atoms with E-state index >= 15 is 0 Å². The first-order chi connectivity index (χ1) is 11.7. The maximum atomic E-state index is 13.8. The Kier molecular flexibility index (Phi) is 4.67. The molecular formula is C18H16FN3O2. The van der Waals surface area contributed by atoms with E-state index < -0.39 is 5.82 Å². The third kappa shape index (κ3) is 3.33.